The molecule has 0 saturated carbocycles. The number of hydrogen-bond donors (Lipinski definition) is 4. The molecule has 4 N–H and O–H groups in total. The Kier molecular flexibility index (Phi) is 5.47. The minimum absolute atomic E-state index is 0.164. The van der Waals surface area contributed by atoms with Crippen LogP contribution in [0.4, 0.5) is 11.8 Å². The molecule has 11 heteroatoms. The second-order valence-corrected chi connectivity index (χ2v) is 9.44. The maximum absolute atomic E-state index is 11.3. The number of aromatic nitrogens is 5. The number of β-amino-alcohol motifs (C(OH)–C–C–N with tert-alkyl or cyclic N) is 2. The molecule has 2 atom stereocenters. The third-order valence-corrected chi connectivity index (χ3v) is 7.14. The number of pyridine rings is 1. The first-order chi connectivity index (χ1) is 17.4. The van der Waals surface area contributed by atoms with Gasteiger partial charge >= 0.3 is 0 Å². The highest BCUT2D eigenvalue weighted by molar-refractivity contribution is 5.86. The topological polar surface area (TPSA) is 144 Å². The monoisotopic (exact) mass is 489 g/mol. The van der Waals surface area contributed by atoms with Crippen molar-refractivity contribution < 1.29 is 20.4 Å². The van der Waals surface area contributed by atoms with E-state index >= 15 is 0 Å². The number of phenolic OH excluding ortho intramolecular Hbond substituents is 1. The molecular weight excluding hydrogens is 462 g/mol. The van der Waals surface area contributed by atoms with Crippen LogP contribution in [0.25, 0.3) is 16.9 Å². The summed E-state index contributed by atoms with van der Waals surface area (Å²) in [5.41, 5.74) is 1.81. The number of aliphatic hydroxyl groups excluding tert-OH is 2. The van der Waals surface area contributed by atoms with Crippen molar-refractivity contribution in [3.05, 3.63) is 60.7 Å². The summed E-state index contributed by atoms with van der Waals surface area (Å²) in [5, 5.41) is 41.2. The number of aliphatic hydroxyl groups is 3. The molecule has 3 aromatic heterocycles. The second-order valence-electron chi connectivity index (χ2n) is 9.44. The minimum Gasteiger partial charge on any atom is -0.508 e. The van der Waals surface area contributed by atoms with Gasteiger partial charge in [-0.3, -0.25) is 9.55 Å². The lowest BCUT2D eigenvalue weighted by Crippen LogP contribution is -2.43. The van der Waals surface area contributed by atoms with E-state index in [0.29, 0.717) is 48.9 Å². The molecule has 0 aliphatic carbocycles. The predicted octanol–water partition coefficient (Wildman–Crippen LogP) is 0.946. The highest BCUT2D eigenvalue weighted by Crippen LogP contribution is 2.36. The smallest absolute Gasteiger partial charge is 0.229 e. The normalized spacial score (nSPS) is 21.9. The number of imidazole rings is 1. The Labute approximate surface area is 206 Å². The molecule has 186 valence electrons. The minimum atomic E-state index is -1.00. The van der Waals surface area contributed by atoms with Crippen LogP contribution in [-0.2, 0) is 5.60 Å². The van der Waals surface area contributed by atoms with Gasteiger partial charge in [-0.25, -0.2) is 4.98 Å². The van der Waals surface area contributed by atoms with Crippen LogP contribution in [0.1, 0.15) is 18.4 Å². The quantitative estimate of drug-likeness (QED) is 0.327. The zero-order valence-electron chi connectivity index (χ0n) is 19.5. The lowest BCUT2D eigenvalue weighted by Gasteiger charge is -2.38. The number of aromatic hydroxyl groups is 1. The van der Waals surface area contributed by atoms with Crippen molar-refractivity contribution in [2.75, 3.05) is 36.0 Å². The molecule has 0 amide bonds. The predicted molar refractivity (Wildman–Crippen MR) is 132 cm³/mol. The van der Waals surface area contributed by atoms with E-state index in [1.165, 1.54) is 0 Å². The summed E-state index contributed by atoms with van der Waals surface area (Å²) in [6.07, 6.45) is 4.30. The maximum Gasteiger partial charge on any atom is 0.229 e. The summed E-state index contributed by atoms with van der Waals surface area (Å²) >= 11 is 0. The molecule has 0 bridgehead atoms. The second kappa shape index (κ2) is 8.70. The number of rotatable bonds is 4. The van der Waals surface area contributed by atoms with E-state index in [-0.39, 0.29) is 18.8 Å². The third kappa shape index (κ3) is 3.91. The summed E-state index contributed by atoms with van der Waals surface area (Å²) in [6, 6.07) is 10.4. The fourth-order valence-electron chi connectivity index (χ4n) is 5.01. The van der Waals surface area contributed by atoms with Crippen molar-refractivity contribution >= 4 is 22.9 Å². The number of nitrogens with zero attached hydrogens (tertiary/aromatic N) is 7. The average molecular weight is 490 g/mol. The van der Waals surface area contributed by atoms with Crippen LogP contribution >= 0.6 is 0 Å². The number of phenols is 1. The summed E-state index contributed by atoms with van der Waals surface area (Å²) in [7, 11) is 0. The molecule has 11 nitrogen and oxygen atoms in total. The van der Waals surface area contributed by atoms with Crippen molar-refractivity contribution in [3.63, 3.8) is 0 Å². The van der Waals surface area contributed by atoms with Crippen molar-refractivity contribution in [1.82, 2.24) is 24.5 Å². The molecule has 2 fully saturated rings. The molecule has 0 unspecified atom stereocenters. The zero-order valence-corrected chi connectivity index (χ0v) is 19.5. The first kappa shape index (κ1) is 22.7. The van der Waals surface area contributed by atoms with Crippen molar-refractivity contribution in [1.29, 1.82) is 0 Å². The third-order valence-electron chi connectivity index (χ3n) is 7.14. The summed E-state index contributed by atoms with van der Waals surface area (Å²) in [4.78, 5) is 22.2. The highest BCUT2D eigenvalue weighted by atomic mass is 16.3. The molecule has 0 radical (unpaired) electrons. The Morgan fingerprint density at radius 3 is 2.19 bits per heavy atom. The van der Waals surface area contributed by atoms with E-state index in [2.05, 4.69) is 9.97 Å². The lowest BCUT2D eigenvalue weighted by molar-refractivity contribution is 0.0115. The fraction of sp³-hybridized carbons (Fsp3) is 0.360. The first-order valence-corrected chi connectivity index (χ1v) is 11.9. The number of fused-ring (bicyclic) bond motifs is 1. The van der Waals surface area contributed by atoms with Crippen LogP contribution in [0.15, 0.2) is 55.1 Å². The molecule has 1 aromatic carbocycles. The van der Waals surface area contributed by atoms with E-state index < -0.39 is 17.8 Å². The largest absolute Gasteiger partial charge is 0.508 e. The molecule has 5 heterocycles. The first-order valence-electron chi connectivity index (χ1n) is 11.9. The van der Waals surface area contributed by atoms with Gasteiger partial charge in [0.05, 0.1) is 23.5 Å². The van der Waals surface area contributed by atoms with Gasteiger partial charge in [0.25, 0.3) is 0 Å². The standard InChI is InChI=1S/C25H27N7O4/c33-18-3-1-16(2-4-18)25(36)7-11-30(12-8-25)24-28-22(31-13-19(34)20(35)14-31)21-23(29-24)32(15-27-21)17-5-9-26-10-6-17/h1-6,9-10,15,19-20,33-36H,7-8,11-14H2/t19-,20-/m0/s1. The van der Waals surface area contributed by atoms with E-state index in [1.54, 1.807) is 43.0 Å². The Balaban J connectivity index is 1.37. The Bertz CT molecular complexity index is 1360. The molecule has 0 spiro atoms. The van der Waals surface area contributed by atoms with Gasteiger partial charge in [-0.05, 0) is 42.7 Å². The Hall–Kier alpha value is -3.80. The molecule has 2 aliphatic heterocycles. The van der Waals surface area contributed by atoms with Crippen LogP contribution in [0.2, 0.25) is 0 Å². The fourth-order valence-corrected chi connectivity index (χ4v) is 5.01. The molecule has 2 saturated heterocycles. The zero-order chi connectivity index (χ0) is 24.9. The van der Waals surface area contributed by atoms with E-state index in [1.807, 2.05) is 26.5 Å². The van der Waals surface area contributed by atoms with Crippen LogP contribution < -0.4 is 9.80 Å². The lowest BCUT2D eigenvalue weighted by atomic mass is 9.84. The van der Waals surface area contributed by atoms with Gasteiger partial charge < -0.3 is 30.2 Å². The van der Waals surface area contributed by atoms with Gasteiger partial charge in [0.2, 0.25) is 5.95 Å². The van der Waals surface area contributed by atoms with Gasteiger partial charge in [0, 0.05) is 38.6 Å². The molecule has 2 aliphatic rings. The van der Waals surface area contributed by atoms with Gasteiger partial charge in [-0.2, -0.15) is 9.97 Å². The molecule has 4 aromatic rings. The number of benzene rings is 1. The average Bonchev–Trinajstić information content (AvgIpc) is 3.47. The van der Waals surface area contributed by atoms with Crippen LogP contribution in [0.3, 0.4) is 0 Å². The summed E-state index contributed by atoms with van der Waals surface area (Å²) in [5.74, 6) is 1.21. The SMILES string of the molecule is Oc1ccc(C2(O)CCN(c3nc(N4C[C@H](O)[C@@H](O)C4)c4ncn(-c5ccncc5)c4n3)CC2)cc1. The molecule has 6 rings (SSSR count). The van der Waals surface area contributed by atoms with E-state index in [0.717, 1.165) is 11.3 Å². The van der Waals surface area contributed by atoms with E-state index in [4.69, 9.17) is 9.97 Å². The number of piperidine rings is 1. The van der Waals surface area contributed by atoms with Crippen molar-refractivity contribution in [2.45, 2.75) is 30.7 Å². The summed E-state index contributed by atoms with van der Waals surface area (Å²) < 4.78 is 1.87. The van der Waals surface area contributed by atoms with E-state index in [9.17, 15) is 20.4 Å². The van der Waals surface area contributed by atoms with Gasteiger partial charge in [-0.1, -0.05) is 12.1 Å². The van der Waals surface area contributed by atoms with Crippen LogP contribution in [0, 0.1) is 0 Å². The maximum atomic E-state index is 11.3. The summed E-state index contributed by atoms with van der Waals surface area (Å²) in [6.45, 7) is 1.54. The molecular formula is C25H27N7O4. The van der Waals surface area contributed by atoms with Crippen molar-refractivity contribution in [3.8, 4) is 11.4 Å². The Morgan fingerprint density at radius 2 is 1.53 bits per heavy atom. The number of anilines is 2. The Morgan fingerprint density at radius 1 is 0.861 bits per heavy atom. The number of hydrogen-bond acceptors (Lipinski definition) is 10. The molecule has 36 heavy (non-hydrogen) atoms. The van der Waals surface area contributed by atoms with Crippen LogP contribution in [0.5, 0.6) is 5.75 Å². The van der Waals surface area contributed by atoms with Crippen molar-refractivity contribution in [2.24, 2.45) is 0 Å². The highest BCUT2D eigenvalue weighted by Gasteiger charge is 2.36. The van der Waals surface area contributed by atoms with Gasteiger partial charge in [0.1, 0.15) is 12.1 Å². The van der Waals surface area contributed by atoms with Gasteiger partial charge in [0.15, 0.2) is 17.0 Å². The van der Waals surface area contributed by atoms with Gasteiger partial charge in [-0.15, -0.1) is 0 Å². The van der Waals surface area contributed by atoms with Crippen LogP contribution in [-0.4, -0.2) is 83.3 Å².